The third kappa shape index (κ3) is 5.28. The summed E-state index contributed by atoms with van der Waals surface area (Å²) >= 11 is 0. The first-order valence-electron chi connectivity index (χ1n) is 9.72. The molecule has 150 valence electrons. The van der Waals surface area contributed by atoms with Crippen LogP contribution in [0.4, 0.5) is 0 Å². The monoisotopic (exact) mass is 382 g/mol. The van der Waals surface area contributed by atoms with Gasteiger partial charge in [0.05, 0.1) is 18.8 Å². The molecule has 0 radical (unpaired) electrons. The summed E-state index contributed by atoms with van der Waals surface area (Å²) in [6.07, 6.45) is 2.22. The smallest absolute Gasteiger partial charge is 0.184 e. The van der Waals surface area contributed by atoms with Crippen LogP contribution in [-0.2, 0) is 22.6 Å². The van der Waals surface area contributed by atoms with E-state index in [9.17, 15) is 5.11 Å². The zero-order valence-electron chi connectivity index (χ0n) is 16.5. The van der Waals surface area contributed by atoms with Gasteiger partial charge >= 0.3 is 0 Å². The molecule has 1 heterocycles. The summed E-state index contributed by atoms with van der Waals surface area (Å²) in [7, 11) is 2.07. The Morgan fingerprint density at radius 2 is 1.71 bits per heavy atom. The third-order valence-corrected chi connectivity index (χ3v) is 5.06. The molecule has 3 atom stereocenters. The molecule has 1 aliphatic rings. The molecule has 5 heteroatoms. The Hall–Kier alpha value is -2.02. The lowest BCUT2D eigenvalue weighted by molar-refractivity contribution is -0.252. The summed E-state index contributed by atoms with van der Waals surface area (Å²) in [5.41, 5.74) is 9.78. The number of benzene rings is 2. The van der Waals surface area contributed by atoms with E-state index in [1.54, 1.807) is 0 Å². The molecule has 1 fully saturated rings. The Bertz CT molecular complexity index is 690. The molecule has 3 N–H and O–H groups in total. The maximum atomic E-state index is 9.29. The molecule has 0 spiro atoms. The lowest BCUT2D eigenvalue weighted by Crippen LogP contribution is -2.37. The van der Waals surface area contributed by atoms with E-state index in [0.717, 1.165) is 41.8 Å². The van der Waals surface area contributed by atoms with Crippen LogP contribution >= 0.6 is 0 Å². The van der Waals surface area contributed by atoms with Gasteiger partial charge in [-0.2, -0.15) is 0 Å². The van der Waals surface area contributed by atoms with E-state index in [1.165, 1.54) is 0 Å². The van der Waals surface area contributed by atoms with Crippen molar-refractivity contribution in [2.75, 3.05) is 20.1 Å². The van der Waals surface area contributed by atoms with Gasteiger partial charge in [0, 0.05) is 31.6 Å². The first-order chi connectivity index (χ1) is 13.6. The van der Waals surface area contributed by atoms with E-state index in [-0.39, 0.29) is 18.8 Å². The second kappa shape index (κ2) is 9.96. The quantitative estimate of drug-likeness (QED) is 0.686. The second-order valence-corrected chi connectivity index (χ2v) is 7.31. The van der Waals surface area contributed by atoms with E-state index in [2.05, 4.69) is 18.5 Å². The fourth-order valence-electron chi connectivity index (χ4n) is 3.49. The summed E-state index contributed by atoms with van der Waals surface area (Å²) < 4.78 is 12.6. The summed E-state index contributed by atoms with van der Waals surface area (Å²) in [5.74, 6) is 0. The van der Waals surface area contributed by atoms with E-state index in [4.69, 9.17) is 15.2 Å². The van der Waals surface area contributed by atoms with Crippen LogP contribution in [0.1, 0.15) is 41.1 Å². The topological polar surface area (TPSA) is 68.0 Å². The minimum atomic E-state index is -0.426. The third-order valence-electron chi connectivity index (χ3n) is 5.06. The van der Waals surface area contributed by atoms with Gasteiger partial charge in [-0.25, -0.2) is 0 Å². The standard InChI is InChI=1S/C23H30N2O3/c1-3-12-25(2)15-21-13-22(19-8-6-18(16-26)7-9-19)28-23(27-21)20-10-4-17(14-24)5-11-20/h3-11,21-23,26H,1,12-16,24H2,2H3. The maximum Gasteiger partial charge on any atom is 0.184 e. The molecule has 2 aromatic carbocycles. The number of hydrogen-bond acceptors (Lipinski definition) is 5. The number of aliphatic hydroxyl groups excluding tert-OH is 1. The van der Waals surface area contributed by atoms with Crippen molar-refractivity contribution in [1.29, 1.82) is 0 Å². The predicted molar refractivity (Wildman–Crippen MR) is 110 cm³/mol. The Balaban J connectivity index is 1.80. The van der Waals surface area contributed by atoms with Crippen LogP contribution < -0.4 is 5.73 Å². The number of nitrogens with zero attached hydrogens (tertiary/aromatic N) is 1. The number of aliphatic hydroxyl groups is 1. The Labute approximate surface area is 167 Å². The SMILES string of the molecule is C=CCN(C)CC1CC(c2ccc(CO)cc2)OC(c2ccc(CN)cc2)O1. The van der Waals surface area contributed by atoms with Crippen LogP contribution in [0.25, 0.3) is 0 Å². The molecule has 1 aliphatic heterocycles. The molecule has 2 aromatic rings. The van der Waals surface area contributed by atoms with Gasteiger partial charge in [-0.3, -0.25) is 0 Å². The van der Waals surface area contributed by atoms with Gasteiger partial charge in [-0.15, -0.1) is 6.58 Å². The van der Waals surface area contributed by atoms with Gasteiger partial charge < -0.3 is 25.2 Å². The van der Waals surface area contributed by atoms with Crippen molar-refractivity contribution in [2.24, 2.45) is 5.73 Å². The van der Waals surface area contributed by atoms with Crippen LogP contribution in [0.15, 0.2) is 61.2 Å². The number of ether oxygens (including phenoxy) is 2. The van der Waals surface area contributed by atoms with Crippen LogP contribution in [0.5, 0.6) is 0 Å². The summed E-state index contributed by atoms with van der Waals surface area (Å²) in [6.45, 7) is 5.99. The van der Waals surface area contributed by atoms with Crippen molar-refractivity contribution in [3.05, 3.63) is 83.4 Å². The molecule has 0 aliphatic carbocycles. The molecule has 1 saturated heterocycles. The van der Waals surface area contributed by atoms with E-state index in [1.807, 2.05) is 54.6 Å². The molecule has 0 saturated carbocycles. The van der Waals surface area contributed by atoms with Crippen LogP contribution in [-0.4, -0.2) is 36.2 Å². The number of nitrogens with two attached hydrogens (primary N) is 1. The molecule has 3 rings (SSSR count). The molecule has 0 amide bonds. The molecule has 5 nitrogen and oxygen atoms in total. The van der Waals surface area contributed by atoms with E-state index >= 15 is 0 Å². The van der Waals surface area contributed by atoms with Gasteiger partial charge in [0.2, 0.25) is 0 Å². The van der Waals surface area contributed by atoms with Crippen LogP contribution in [0.2, 0.25) is 0 Å². The molecule has 0 bridgehead atoms. The molecule has 0 aromatic heterocycles. The van der Waals surface area contributed by atoms with Crippen molar-refractivity contribution in [3.8, 4) is 0 Å². The predicted octanol–water partition coefficient (Wildman–Crippen LogP) is 3.30. The molecule has 28 heavy (non-hydrogen) atoms. The van der Waals surface area contributed by atoms with E-state index in [0.29, 0.717) is 6.54 Å². The molecule has 3 unspecified atom stereocenters. The van der Waals surface area contributed by atoms with Gasteiger partial charge in [0.15, 0.2) is 6.29 Å². The normalized spacial score (nSPS) is 22.4. The maximum absolute atomic E-state index is 9.29. The van der Waals surface area contributed by atoms with Gasteiger partial charge in [-0.05, 0) is 23.7 Å². The first-order valence-corrected chi connectivity index (χ1v) is 9.72. The van der Waals surface area contributed by atoms with Crippen molar-refractivity contribution in [2.45, 2.75) is 38.1 Å². The number of hydrogen-bond donors (Lipinski definition) is 2. The summed E-state index contributed by atoms with van der Waals surface area (Å²) in [4.78, 5) is 2.20. The number of rotatable bonds is 8. The fourth-order valence-corrected chi connectivity index (χ4v) is 3.49. The van der Waals surface area contributed by atoms with Crippen LogP contribution in [0.3, 0.4) is 0 Å². The number of likely N-dealkylation sites (N-methyl/N-ethyl adjacent to an activating group) is 1. The fraction of sp³-hybridized carbons (Fsp3) is 0.391. The highest BCUT2D eigenvalue weighted by atomic mass is 16.7. The zero-order valence-corrected chi connectivity index (χ0v) is 16.5. The molecular weight excluding hydrogens is 352 g/mol. The van der Waals surface area contributed by atoms with E-state index < -0.39 is 6.29 Å². The van der Waals surface area contributed by atoms with Gasteiger partial charge in [0.1, 0.15) is 0 Å². The molecular formula is C23H30N2O3. The second-order valence-electron chi connectivity index (χ2n) is 7.31. The Morgan fingerprint density at radius 1 is 1.07 bits per heavy atom. The first kappa shape index (κ1) is 20.7. The largest absolute Gasteiger partial charge is 0.392 e. The lowest BCUT2D eigenvalue weighted by atomic mass is 9.99. The van der Waals surface area contributed by atoms with Crippen molar-refractivity contribution in [1.82, 2.24) is 4.90 Å². The van der Waals surface area contributed by atoms with Crippen molar-refractivity contribution < 1.29 is 14.6 Å². The highest BCUT2D eigenvalue weighted by Gasteiger charge is 2.32. The van der Waals surface area contributed by atoms with Crippen LogP contribution in [0, 0.1) is 0 Å². The highest BCUT2D eigenvalue weighted by molar-refractivity contribution is 5.26. The minimum absolute atomic E-state index is 0.0417. The average Bonchev–Trinajstić information content (AvgIpc) is 2.74. The Morgan fingerprint density at radius 3 is 2.32 bits per heavy atom. The van der Waals surface area contributed by atoms with Crippen molar-refractivity contribution >= 4 is 0 Å². The van der Waals surface area contributed by atoms with Gasteiger partial charge in [0.25, 0.3) is 0 Å². The highest BCUT2D eigenvalue weighted by Crippen LogP contribution is 2.38. The minimum Gasteiger partial charge on any atom is -0.392 e. The lowest BCUT2D eigenvalue weighted by Gasteiger charge is -2.37. The summed E-state index contributed by atoms with van der Waals surface area (Å²) in [6, 6.07) is 16.0. The van der Waals surface area contributed by atoms with Crippen molar-refractivity contribution in [3.63, 3.8) is 0 Å². The zero-order chi connectivity index (χ0) is 19.9. The summed E-state index contributed by atoms with van der Waals surface area (Å²) in [5, 5.41) is 9.29. The average molecular weight is 383 g/mol. The van der Waals surface area contributed by atoms with Gasteiger partial charge in [-0.1, -0.05) is 54.6 Å². The Kier molecular flexibility index (Phi) is 7.36.